The molecule has 1 atom stereocenters. The van der Waals surface area contributed by atoms with E-state index in [1.165, 1.54) is 5.39 Å². The minimum atomic E-state index is -0.334. The Labute approximate surface area is 122 Å². The highest BCUT2D eigenvalue weighted by Crippen LogP contribution is 2.29. The van der Waals surface area contributed by atoms with E-state index in [4.69, 9.17) is 4.84 Å². The fourth-order valence-electron chi connectivity index (χ4n) is 2.52. The fraction of sp³-hybridized carbons (Fsp3) is 0.0588. The Morgan fingerprint density at radius 3 is 2.62 bits per heavy atom. The lowest BCUT2D eigenvalue weighted by Crippen LogP contribution is -2.18. The molecule has 102 valence electrons. The third-order valence-corrected chi connectivity index (χ3v) is 3.56. The average Bonchev–Trinajstić information content (AvgIpc) is 3.05. The number of fused-ring (bicyclic) bond motifs is 1. The van der Waals surface area contributed by atoms with Gasteiger partial charge in [-0.15, -0.1) is 0 Å². The zero-order valence-corrected chi connectivity index (χ0v) is 11.2. The molecule has 4 nitrogen and oxygen atoms in total. The van der Waals surface area contributed by atoms with Gasteiger partial charge in [0.15, 0.2) is 5.84 Å². The first-order valence-corrected chi connectivity index (χ1v) is 6.79. The Bertz CT molecular complexity index is 809. The molecule has 1 unspecified atom stereocenters. The Balaban J connectivity index is 1.76. The van der Waals surface area contributed by atoms with Gasteiger partial charge in [0, 0.05) is 23.5 Å². The first-order chi connectivity index (χ1) is 10.4. The molecule has 4 heteroatoms. The number of hydrogen-bond acceptors (Lipinski definition) is 4. The minimum absolute atomic E-state index is 0.334. The molecule has 3 aromatic rings. The van der Waals surface area contributed by atoms with Gasteiger partial charge >= 0.3 is 0 Å². The number of hydroxylamine groups is 1. The topological polar surface area (TPSA) is 46.5 Å². The second-order valence-electron chi connectivity index (χ2n) is 4.85. The van der Waals surface area contributed by atoms with Crippen molar-refractivity contribution in [3.05, 3.63) is 78.1 Å². The van der Waals surface area contributed by atoms with Crippen LogP contribution in [0.1, 0.15) is 17.4 Å². The van der Waals surface area contributed by atoms with E-state index in [9.17, 15) is 0 Å². The molecule has 21 heavy (non-hydrogen) atoms. The van der Waals surface area contributed by atoms with Gasteiger partial charge in [-0.25, -0.2) is 15.3 Å². The number of aliphatic imine (C=N–C) groups is 1. The molecular weight excluding hydrogens is 262 g/mol. The smallest absolute Gasteiger partial charge is 0.203 e. The van der Waals surface area contributed by atoms with Crippen LogP contribution in [0.25, 0.3) is 10.8 Å². The van der Waals surface area contributed by atoms with E-state index in [1.54, 1.807) is 12.4 Å². The number of pyridine rings is 1. The molecule has 0 spiro atoms. The van der Waals surface area contributed by atoms with Gasteiger partial charge in [0.05, 0.1) is 0 Å². The largest absolute Gasteiger partial charge is 0.265 e. The van der Waals surface area contributed by atoms with E-state index in [2.05, 4.69) is 33.7 Å². The van der Waals surface area contributed by atoms with Crippen molar-refractivity contribution in [2.24, 2.45) is 4.99 Å². The predicted molar refractivity (Wildman–Crippen MR) is 81.7 cm³/mol. The van der Waals surface area contributed by atoms with Crippen molar-refractivity contribution in [3.63, 3.8) is 0 Å². The van der Waals surface area contributed by atoms with Crippen LogP contribution in [0.15, 0.2) is 72.0 Å². The zero-order chi connectivity index (χ0) is 14.1. The summed E-state index contributed by atoms with van der Waals surface area (Å²) in [4.78, 5) is 14.3. The summed E-state index contributed by atoms with van der Waals surface area (Å²) in [5.74, 6) is 0.732. The van der Waals surface area contributed by atoms with Gasteiger partial charge in [0.1, 0.15) is 0 Å². The van der Waals surface area contributed by atoms with Crippen LogP contribution in [-0.4, -0.2) is 10.8 Å². The van der Waals surface area contributed by atoms with E-state index in [0.29, 0.717) is 0 Å². The van der Waals surface area contributed by atoms with Crippen LogP contribution in [0.4, 0.5) is 0 Å². The molecular formula is C17H13N3O. The van der Waals surface area contributed by atoms with E-state index >= 15 is 0 Å². The zero-order valence-electron chi connectivity index (χ0n) is 11.2. The van der Waals surface area contributed by atoms with E-state index in [0.717, 1.165) is 22.3 Å². The standard InChI is InChI=1S/C17H13N3O/c1-2-6-14-12(4-1)5-3-7-15(14)17-19-16(20-21-17)13-8-10-18-11-9-13/h1-11,17H,(H,19,20). The fourth-order valence-corrected chi connectivity index (χ4v) is 2.52. The van der Waals surface area contributed by atoms with E-state index < -0.39 is 0 Å². The summed E-state index contributed by atoms with van der Waals surface area (Å²) >= 11 is 0. The molecule has 2 aromatic carbocycles. The van der Waals surface area contributed by atoms with Crippen LogP contribution in [0, 0.1) is 0 Å². The number of rotatable bonds is 2. The van der Waals surface area contributed by atoms with Crippen LogP contribution in [0.5, 0.6) is 0 Å². The van der Waals surface area contributed by atoms with Crippen LogP contribution < -0.4 is 5.48 Å². The minimum Gasteiger partial charge on any atom is -0.265 e. The van der Waals surface area contributed by atoms with Crippen molar-refractivity contribution in [3.8, 4) is 0 Å². The molecule has 1 N–H and O–H groups in total. The monoisotopic (exact) mass is 275 g/mol. The highest BCUT2D eigenvalue weighted by Gasteiger charge is 2.22. The second kappa shape index (κ2) is 5.00. The average molecular weight is 275 g/mol. The SMILES string of the molecule is c1ccc2c(C3N=C(c4ccncc4)NO3)cccc2c1. The molecule has 0 aliphatic carbocycles. The maximum atomic E-state index is 5.64. The lowest BCUT2D eigenvalue weighted by atomic mass is 10.0. The van der Waals surface area contributed by atoms with Gasteiger partial charge in [-0.3, -0.25) is 4.98 Å². The number of aromatic nitrogens is 1. The van der Waals surface area contributed by atoms with Crippen LogP contribution >= 0.6 is 0 Å². The summed E-state index contributed by atoms with van der Waals surface area (Å²) in [6.45, 7) is 0. The molecule has 0 amide bonds. The van der Waals surface area contributed by atoms with Gasteiger partial charge in [-0.05, 0) is 22.9 Å². The number of nitrogens with one attached hydrogen (secondary N) is 1. The lowest BCUT2D eigenvalue weighted by Gasteiger charge is -2.09. The maximum absolute atomic E-state index is 5.64. The van der Waals surface area contributed by atoms with Crippen molar-refractivity contribution in [2.45, 2.75) is 6.23 Å². The molecule has 1 aliphatic rings. The Morgan fingerprint density at radius 2 is 1.71 bits per heavy atom. The van der Waals surface area contributed by atoms with Crippen molar-refractivity contribution in [1.29, 1.82) is 0 Å². The molecule has 1 aromatic heterocycles. The Kier molecular flexibility index (Phi) is 2.87. The van der Waals surface area contributed by atoms with Gasteiger partial charge in [0.2, 0.25) is 6.23 Å². The van der Waals surface area contributed by atoms with Crippen molar-refractivity contribution in [2.75, 3.05) is 0 Å². The van der Waals surface area contributed by atoms with Crippen molar-refractivity contribution < 1.29 is 4.84 Å². The first kappa shape index (κ1) is 12.1. The third-order valence-electron chi connectivity index (χ3n) is 3.56. The predicted octanol–water partition coefficient (Wildman–Crippen LogP) is 3.22. The molecule has 4 rings (SSSR count). The van der Waals surface area contributed by atoms with Gasteiger partial charge in [0.25, 0.3) is 0 Å². The molecule has 0 bridgehead atoms. The Morgan fingerprint density at radius 1 is 0.905 bits per heavy atom. The lowest BCUT2D eigenvalue weighted by molar-refractivity contribution is 0.0386. The van der Waals surface area contributed by atoms with Crippen LogP contribution in [0.2, 0.25) is 0 Å². The van der Waals surface area contributed by atoms with Crippen molar-refractivity contribution in [1.82, 2.24) is 10.5 Å². The quantitative estimate of drug-likeness (QED) is 0.781. The van der Waals surface area contributed by atoms with E-state index in [-0.39, 0.29) is 6.23 Å². The molecule has 1 aliphatic heterocycles. The van der Waals surface area contributed by atoms with Crippen LogP contribution in [0.3, 0.4) is 0 Å². The summed E-state index contributed by atoms with van der Waals surface area (Å²) in [6, 6.07) is 18.2. The molecule has 2 heterocycles. The summed E-state index contributed by atoms with van der Waals surface area (Å²) in [5.41, 5.74) is 4.93. The number of amidine groups is 1. The van der Waals surface area contributed by atoms with E-state index in [1.807, 2.05) is 36.4 Å². The summed E-state index contributed by atoms with van der Waals surface area (Å²) in [6.07, 6.45) is 3.15. The summed E-state index contributed by atoms with van der Waals surface area (Å²) in [5, 5.41) is 2.35. The Hall–Kier alpha value is -2.72. The number of benzene rings is 2. The summed E-state index contributed by atoms with van der Waals surface area (Å²) < 4.78 is 0. The van der Waals surface area contributed by atoms with Crippen LogP contribution in [-0.2, 0) is 4.84 Å². The van der Waals surface area contributed by atoms with Crippen molar-refractivity contribution >= 4 is 16.6 Å². The molecule has 0 saturated heterocycles. The maximum Gasteiger partial charge on any atom is 0.203 e. The third kappa shape index (κ3) is 2.15. The highest BCUT2D eigenvalue weighted by atomic mass is 16.7. The second-order valence-corrected chi connectivity index (χ2v) is 4.85. The highest BCUT2D eigenvalue weighted by molar-refractivity contribution is 5.99. The molecule has 0 radical (unpaired) electrons. The first-order valence-electron chi connectivity index (χ1n) is 6.79. The van der Waals surface area contributed by atoms with Gasteiger partial charge in [-0.2, -0.15) is 0 Å². The molecule has 0 saturated carbocycles. The normalized spacial score (nSPS) is 17.5. The number of hydrogen-bond donors (Lipinski definition) is 1. The number of nitrogens with zero attached hydrogens (tertiary/aromatic N) is 2. The summed E-state index contributed by atoms with van der Waals surface area (Å²) in [7, 11) is 0. The van der Waals surface area contributed by atoms with Gasteiger partial charge < -0.3 is 0 Å². The molecule has 0 fully saturated rings. The van der Waals surface area contributed by atoms with Gasteiger partial charge in [-0.1, -0.05) is 42.5 Å².